The summed E-state index contributed by atoms with van der Waals surface area (Å²) in [5.74, 6) is 0. The number of aromatic nitrogens is 3. The van der Waals surface area contributed by atoms with Gasteiger partial charge >= 0.3 is 12.4 Å². The molecule has 0 saturated carbocycles. The Morgan fingerprint density at radius 1 is 1.08 bits per heavy atom. The van der Waals surface area contributed by atoms with Crippen molar-refractivity contribution in [3.63, 3.8) is 0 Å². The van der Waals surface area contributed by atoms with Gasteiger partial charge in [0.25, 0.3) is 0 Å². The monoisotopic (exact) mass is 373 g/mol. The molecule has 26 heavy (non-hydrogen) atoms. The number of rotatable bonds is 3. The maximum Gasteiger partial charge on any atom is 0.433 e. The zero-order valence-electron chi connectivity index (χ0n) is 12.7. The maximum atomic E-state index is 13.1. The number of hydrazone groups is 1. The first-order valence-corrected chi connectivity index (χ1v) is 7.02. The zero-order valence-corrected chi connectivity index (χ0v) is 12.7. The molecule has 3 rings (SSSR count). The van der Waals surface area contributed by atoms with E-state index in [4.69, 9.17) is 0 Å². The molecule has 0 aliphatic rings. The van der Waals surface area contributed by atoms with Gasteiger partial charge in [-0.15, -0.1) is 0 Å². The molecule has 0 aliphatic heterocycles. The molecule has 1 aromatic carbocycles. The summed E-state index contributed by atoms with van der Waals surface area (Å²) in [6.45, 7) is 0. The summed E-state index contributed by atoms with van der Waals surface area (Å²) in [5.41, 5.74) is -1.01. The van der Waals surface area contributed by atoms with Crippen LogP contribution in [0.5, 0.6) is 0 Å². The molecule has 2 aromatic heterocycles. The Balaban J connectivity index is 2.14. The number of hydrogen-bond acceptors (Lipinski definition) is 4. The number of anilines is 1. The summed E-state index contributed by atoms with van der Waals surface area (Å²) in [6.07, 6.45) is -5.79. The zero-order chi connectivity index (χ0) is 18.9. The van der Waals surface area contributed by atoms with Crippen molar-refractivity contribution in [2.24, 2.45) is 5.10 Å². The van der Waals surface area contributed by atoms with E-state index in [-0.39, 0.29) is 11.1 Å². The summed E-state index contributed by atoms with van der Waals surface area (Å²) in [6, 6.07) is 3.59. The minimum atomic E-state index is -4.92. The Labute approximate surface area is 141 Å². The lowest BCUT2D eigenvalue weighted by atomic mass is 10.1. The van der Waals surface area contributed by atoms with Gasteiger partial charge in [-0.05, 0) is 12.1 Å². The average Bonchev–Trinajstić information content (AvgIpc) is 3.05. The highest BCUT2D eigenvalue weighted by atomic mass is 19.4. The fourth-order valence-corrected chi connectivity index (χ4v) is 2.22. The minimum absolute atomic E-state index is 0.144. The van der Waals surface area contributed by atoms with E-state index in [0.717, 1.165) is 6.07 Å². The van der Waals surface area contributed by atoms with Gasteiger partial charge in [-0.25, -0.2) is 9.97 Å². The van der Waals surface area contributed by atoms with E-state index >= 15 is 0 Å². The number of nitrogens with one attached hydrogen (secondary N) is 2. The first-order chi connectivity index (χ1) is 12.2. The molecule has 0 amide bonds. The van der Waals surface area contributed by atoms with Crippen LogP contribution < -0.4 is 5.43 Å². The molecule has 2 N–H and O–H groups in total. The number of para-hydroxylation sites is 1. The molecule has 5 nitrogen and oxygen atoms in total. The maximum absolute atomic E-state index is 13.1. The summed E-state index contributed by atoms with van der Waals surface area (Å²) >= 11 is 0. The number of hydrogen-bond donors (Lipinski definition) is 2. The van der Waals surface area contributed by atoms with E-state index < -0.39 is 29.1 Å². The molecule has 0 aliphatic carbocycles. The number of aromatic amines is 1. The molecule has 11 heteroatoms. The second-order valence-electron chi connectivity index (χ2n) is 5.13. The standard InChI is InChI=1S/C15H9F6N5/c16-14(17,18)10-3-1-2-9-11(26-24-6-8-5-22-7-23-8)4-12(15(19,20)21)25-13(9)10/h1-7H,(H,22,23)(H,25,26)/b24-6+. The minimum Gasteiger partial charge on any atom is -0.344 e. The van der Waals surface area contributed by atoms with Crippen molar-refractivity contribution >= 4 is 22.8 Å². The molecule has 0 unspecified atom stereocenters. The Morgan fingerprint density at radius 2 is 1.85 bits per heavy atom. The number of nitrogens with zero attached hydrogens (tertiary/aromatic N) is 3. The van der Waals surface area contributed by atoms with Gasteiger partial charge in [0, 0.05) is 5.39 Å². The van der Waals surface area contributed by atoms with Crippen molar-refractivity contribution in [3.8, 4) is 0 Å². The topological polar surface area (TPSA) is 66.0 Å². The SMILES string of the molecule is FC(F)(F)c1cc(N/N=C/c2cnc[nH]2)c2cccc(C(F)(F)F)c2n1. The van der Waals surface area contributed by atoms with Gasteiger partial charge in [-0.1, -0.05) is 12.1 Å². The number of imidazole rings is 1. The first kappa shape index (κ1) is 17.7. The molecular weight excluding hydrogens is 364 g/mol. The highest BCUT2D eigenvalue weighted by Crippen LogP contribution is 2.38. The molecule has 2 heterocycles. The van der Waals surface area contributed by atoms with Crippen LogP contribution in [0, 0.1) is 0 Å². The summed E-state index contributed by atoms with van der Waals surface area (Å²) < 4.78 is 78.5. The third-order valence-electron chi connectivity index (χ3n) is 3.34. The summed E-state index contributed by atoms with van der Waals surface area (Å²) in [7, 11) is 0. The predicted molar refractivity (Wildman–Crippen MR) is 81.6 cm³/mol. The van der Waals surface area contributed by atoms with Crippen LogP contribution in [0.15, 0.2) is 41.9 Å². The van der Waals surface area contributed by atoms with Gasteiger partial charge in [0.15, 0.2) is 0 Å². The molecule has 0 spiro atoms. The van der Waals surface area contributed by atoms with Crippen LogP contribution in [-0.4, -0.2) is 21.2 Å². The fraction of sp³-hybridized carbons (Fsp3) is 0.133. The smallest absolute Gasteiger partial charge is 0.344 e. The van der Waals surface area contributed by atoms with E-state index in [2.05, 4.69) is 25.5 Å². The highest BCUT2D eigenvalue weighted by Gasteiger charge is 2.37. The van der Waals surface area contributed by atoms with Crippen molar-refractivity contribution in [3.05, 3.63) is 53.7 Å². The lowest BCUT2D eigenvalue weighted by Gasteiger charge is -2.15. The lowest BCUT2D eigenvalue weighted by molar-refractivity contribution is -0.142. The van der Waals surface area contributed by atoms with Gasteiger partial charge in [0.1, 0.15) is 5.69 Å². The predicted octanol–water partition coefficient (Wildman–Crippen LogP) is 4.44. The Bertz CT molecular complexity index is 944. The number of H-pyrrole nitrogens is 1. The van der Waals surface area contributed by atoms with Crippen molar-refractivity contribution in [2.45, 2.75) is 12.4 Å². The first-order valence-electron chi connectivity index (χ1n) is 7.02. The second-order valence-corrected chi connectivity index (χ2v) is 5.13. The van der Waals surface area contributed by atoms with Crippen molar-refractivity contribution in [2.75, 3.05) is 5.43 Å². The van der Waals surface area contributed by atoms with E-state index in [1.54, 1.807) is 0 Å². The van der Waals surface area contributed by atoms with Gasteiger partial charge in [-0.3, -0.25) is 5.43 Å². The van der Waals surface area contributed by atoms with Crippen molar-refractivity contribution in [1.82, 2.24) is 15.0 Å². The summed E-state index contributed by atoms with van der Waals surface area (Å²) in [4.78, 5) is 9.59. The van der Waals surface area contributed by atoms with Crippen molar-refractivity contribution in [1.29, 1.82) is 0 Å². The molecule has 0 bridgehead atoms. The average molecular weight is 373 g/mol. The van der Waals surface area contributed by atoms with E-state index in [1.165, 1.54) is 24.8 Å². The van der Waals surface area contributed by atoms with Gasteiger partial charge < -0.3 is 4.98 Å². The van der Waals surface area contributed by atoms with Crippen LogP contribution in [0.1, 0.15) is 17.0 Å². The van der Waals surface area contributed by atoms with E-state index in [9.17, 15) is 26.3 Å². The summed E-state index contributed by atoms with van der Waals surface area (Å²) in [5, 5.41) is 3.58. The normalized spacial score (nSPS) is 12.8. The number of pyridine rings is 1. The number of halogens is 6. The molecule has 0 atom stereocenters. The number of benzene rings is 1. The molecule has 136 valence electrons. The van der Waals surface area contributed by atoms with Gasteiger partial charge in [0.2, 0.25) is 0 Å². The van der Waals surface area contributed by atoms with Crippen LogP contribution in [0.25, 0.3) is 10.9 Å². The molecule has 0 saturated heterocycles. The largest absolute Gasteiger partial charge is 0.433 e. The quantitative estimate of drug-likeness (QED) is 0.405. The van der Waals surface area contributed by atoms with Crippen LogP contribution in [0.3, 0.4) is 0 Å². The lowest BCUT2D eigenvalue weighted by Crippen LogP contribution is -2.12. The highest BCUT2D eigenvalue weighted by molar-refractivity contribution is 5.94. The van der Waals surface area contributed by atoms with Crippen LogP contribution in [0.2, 0.25) is 0 Å². The van der Waals surface area contributed by atoms with Gasteiger partial charge in [0.05, 0.1) is 41.2 Å². The molecule has 0 radical (unpaired) electrons. The van der Waals surface area contributed by atoms with Crippen molar-refractivity contribution < 1.29 is 26.3 Å². The Kier molecular flexibility index (Phi) is 4.30. The third-order valence-corrected chi connectivity index (χ3v) is 3.34. The van der Waals surface area contributed by atoms with Crippen LogP contribution in [0.4, 0.5) is 32.0 Å². The van der Waals surface area contributed by atoms with E-state index in [1.807, 2.05) is 0 Å². The third kappa shape index (κ3) is 3.60. The molecule has 3 aromatic rings. The van der Waals surface area contributed by atoms with Crippen LogP contribution >= 0.6 is 0 Å². The number of alkyl halides is 6. The number of fused-ring (bicyclic) bond motifs is 1. The van der Waals surface area contributed by atoms with Crippen LogP contribution in [-0.2, 0) is 12.4 Å². The fourth-order valence-electron chi connectivity index (χ4n) is 2.22. The second kappa shape index (κ2) is 6.32. The molecular formula is C15H9F6N5. The Morgan fingerprint density at radius 3 is 2.46 bits per heavy atom. The van der Waals surface area contributed by atoms with E-state index in [0.29, 0.717) is 17.8 Å². The van der Waals surface area contributed by atoms with Gasteiger partial charge in [-0.2, -0.15) is 31.4 Å². The molecule has 0 fully saturated rings. The Hall–Kier alpha value is -3.11.